The molecule has 0 N–H and O–H groups in total. The molecule has 0 amide bonds. The highest BCUT2D eigenvalue weighted by Crippen LogP contribution is 2.27. The standard InChI is InChI=1S/C20H18Si/c1-15-8-7-9-16(14-15)21(2)19-12-5-3-10-17(19)18-11-4-6-13-20(18)21/h3-14H,1-2H3. The van der Waals surface area contributed by atoms with Crippen molar-refractivity contribution in [3.63, 3.8) is 0 Å². The largest absolute Gasteiger partial charge is 0.147 e. The van der Waals surface area contributed by atoms with Crippen molar-refractivity contribution < 1.29 is 0 Å². The van der Waals surface area contributed by atoms with Crippen molar-refractivity contribution >= 4 is 23.6 Å². The lowest BCUT2D eigenvalue weighted by atomic mass is 10.1. The van der Waals surface area contributed by atoms with E-state index in [1.54, 1.807) is 10.4 Å². The average Bonchev–Trinajstić information content (AvgIpc) is 2.79. The van der Waals surface area contributed by atoms with Gasteiger partial charge in [0.2, 0.25) is 0 Å². The molecule has 3 aromatic rings. The van der Waals surface area contributed by atoms with Crippen LogP contribution in [-0.2, 0) is 0 Å². The average molecular weight is 286 g/mol. The Morgan fingerprint density at radius 2 is 1.24 bits per heavy atom. The van der Waals surface area contributed by atoms with Gasteiger partial charge in [-0.3, -0.25) is 0 Å². The van der Waals surface area contributed by atoms with Gasteiger partial charge < -0.3 is 0 Å². The second-order valence-corrected chi connectivity index (χ2v) is 9.99. The Hall–Kier alpha value is -2.12. The van der Waals surface area contributed by atoms with Crippen molar-refractivity contribution in [1.82, 2.24) is 0 Å². The lowest BCUT2D eigenvalue weighted by molar-refractivity contribution is 1.49. The van der Waals surface area contributed by atoms with E-state index in [9.17, 15) is 0 Å². The van der Waals surface area contributed by atoms with Gasteiger partial charge in [0.15, 0.2) is 0 Å². The second kappa shape index (κ2) is 4.44. The van der Waals surface area contributed by atoms with Gasteiger partial charge in [-0.15, -0.1) is 0 Å². The van der Waals surface area contributed by atoms with Crippen LogP contribution < -0.4 is 15.6 Å². The van der Waals surface area contributed by atoms with Crippen LogP contribution in [0.15, 0.2) is 72.8 Å². The first-order valence-electron chi connectivity index (χ1n) is 7.48. The minimum Gasteiger partial charge on any atom is -0.0623 e. The molecule has 4 rings (SSSR count). The summed E-state index contributed by atoms with van der Waals surface area (Å²) in [6, 6.07) is 27.0. The fourth-order valence-corrected chi connectivity index (χ4v) is 7.95. The molecule has 0 nitrogen and oxygen atoms in total. The van der Waals surface area contributed by atoms with Crippen LogP contribution in [0.3, 0.4) is 0 Å². The topological polar surface area (TPSA) is 0 Å². The van der Waals surface area contributed by atoms with E-state index in [4.69, 9.17) is 0 Å². The van der Waals surface area contributed by atoms with E-state index in [1.807, 2.05) is 0 Å². The van der Waals surface area contributed by atoms with E-state index in [0.29, 0.717) is 0 Å². The quantitative estimate of drug-likeness (QED) is 0.603. The van der Waals surface area contributed by atoms with Crippen molar-refractivity contribution in [2.75, 3.05) is 0 Å². The molecule has 0 saturated heterocycles. The first kappa shape index (κ1) is 12.6. The summed E-state index contributed by atoms with van der Waals surface area (Å²) < 4.78 is 0. The summed E-state index contributed by atoms with van der Waals surface area (Å²) in [5, 5.41) is 4.62. The maximum absolute atomic E-state index is 2.49. The van der Waals surface area contributed by atoms with Gasteiger partial charge in [-0.2, -0.15) is 0 Å². The predicted octanol–water partition coefficient (Wildman–Crippen LogP) is 3.08. The van der Waals surface area contributed by atoms with Crippen molar-refractivity contribution in [3.05, 3.63) is 78.4 Å². The Bertz CT molecular complexity index is 787. The maximum atomic E-state index is 2.49. The van der Waals surface area contributed by atoms with E-state index < -0.39 is 8.07 Å². The molecule has 0 unspecified atom stereocenters. The van der Waals surface area contributed by atoms with Crippen molar-refractivity contribution in [1.29, 1.82) is 0 Å². The van der Waals surface area contributed by atoms with Crippen LogP contribution in [0.2, 0.25) is 6.55 Å². The predicted molar refractivity (Wildman–Crippen MR) is 93.6 cm³/mol. The van der Waals surface area contributed by atoms with Crippen LogP contribution in [-0.4, -0.2) is 8.07 Å². The molecule has 0 bridgehead atoms. The fraction of sp³-hybridized carbons (Fsp3) is 0.100. The third-order valence-corrected chi connectivity index (χ3v) is 9.31. The first-order valence-corrected chi connectivity index (χ1v) is 9.98. The molecule has 0 saturated carbocycles. The van der Waals surface area contributed by atoms with Gasteiger partial charge in [-0.05, 0) is 33.6 Å². The Balaban J connectivity index is 2.09. The Labute approximate surface area is 127 Å². The monoisotopic (exact) mass is 286 g/mol. The SMILES string of the molecule is Cc1cccc([Si]2(C)c3ccccc3-c3ccccc32)c1. The molecule has 1 heterocycles. The molecule has 0 atom stereocenters. The maximum Gasteiger partial charge on any atom is 0.147 e. The number of benzene rings is 3. The molecule has 102 valence electrons. The van der Waals surface area contributed by atoms with Crippen LogP contribution in [0.1, 0.15) is 5.56 Å². The number of aryl methyl sites for hydroxylation is 1. The zero-order valence-corrected chi connectivity index (χ0v) is 13.4. The van der Waals surface area contributed by atoms with E-state index in [1.165, 1.54) is 21.9 Å². The van der Waals surface area contributed by atoms with Gasteiger partial charge in [0.1, 0.15) is 8.07 Å². The highest BCUT2D eigenvalue weighted by atomic mass is 28.3. The second-order valence-electron chi connectivity index (χ2n) is 6.09. The highest BCUT2D eigenvalue weighted by molar-refractivity contribution is 7.13. The van der Waals surface area contributed by atoms with Gasteiger partial charge in [0.05, 0.1) is 0 Å². The van der Waals surface area contributed by atoms with Crippen LogP contribution >= 0.6 is 0 Å². The summed E-state index contributed by atoms with van der Waals surface area (Å²) in [6.07, 6.45) is 0. The normalized spacial score (nSPS) is 14.6. The first-order chi connectivity index (χ1) is 10.2. The van der Waals surface area contributed by atoms with E-state index in [-0.39, 0.29) is 0 Å². The lowest BCUT2D eigenvalue weighted by Gasteiger charge is -2.26. The third-order valence-electron chi connectivity index (χ3n) is 4.82. The van der Waals surface area contributed by atoms with Crippen molar-refractivity contribution in [2.45, 2.75) is 13.5 Å². The minimum absolute atomic E-state index is 1.35. The van der Waals surface area contributed by atoms with Gasteiger partial charge in [-0.1, -0.05) is 84.9 Å². The summed E-state index contributed by atoms with van der Waals surface area (Å²) in [5.41, 5.74) is 4.22. The molecule has 0 aliphatic carbocycles. The zero-order chi connectivity index (χ0) is 14.4. The van der Waals surface area contributed by atoms with Gasteiger partial charge in [0.25, 0.3) is 0 Å². The Kier molecular flexibility index (Phi) is 2.66. The van der Waals surface area contributed by atoms with Crippen molar-refractivity contribution in [3.8, 4) is 11.1 Å². The minimum atomic E-state index is -1.84. The van der Waals surface area contributed by atoms with E-state index >= 15 is 0 Å². The molecular weight excluding hydrogens is 268 g/mol. The van der Waals surface area contributed by atoms with Gasteiger partial charge in [-0.25, -0.2) is 0 Å². The van der Waals surface area contributed by atoms with Gasteiger partial charge >= 0.3 is 0 Å². The van der Waals surface area contributed by atoms with Gasteiger partial charge in [0, 0.05) is 0 Å². The Morgan fingerprint density at radius 1 is 0.667 bits per heavy atom. The van der Waals surface area contributed by atoms with E-state index in [0.717, 1.165) is 0 Å². The third kappa shape index (κ3) is 1.67. The molecule has 0 aromatic heterocycles. The molecule has 0 radical (unpaired) electrons. The Morgan fingerprint density at radius 3 is 1.81 bits per heavy atom. The molecule has 0 fully saturated rings. The van der Waals surface area contributed by atoms with E-state index in [2.05, 4.69) is 86.3 Å². The molecule has 3 aromatic carbocycles. The molecule has 0 spiro atoms. The number of hydrogen-bond acceptors (Lipinski definition) is 0. The van der Waals surface area contributed by atoms with Crippen LogP contribution in [0.4, 0.5) is 0 Å². The molecular formula is C20H18Si. The van der Waals surface area contributed by atoms with Crippen LogP contribution in [0, 0.1) is 6.92 Å². The lowest BCUT2D eigenvalue weighted by Crippen LogP contribution is -2.62. The zero-order valence-electron chi connectivity index (χ0n) is 12.4. The van der Waals surface area contributed by atoms with Crippen LogP contribution in [0.25, 0.3) is 11.1 Å². The molecule has 1 aliphatic rings. The number of fused-ring (bicyclic) bond motifs is 3. The highest BCUT2D eigenvalue weighted by Gasteiger charge is 2.42. The number of hydrogen-bond donors (Lipinski definition) is 0. The number of rotatable bonds is 1. The molecule has 21 heavy (non-hydrogen) atoms. The molecule has 1 heteroatoms. The fourth-order valence-electron chi connectivity index (χ4n) is 3.72. The van der Waals surface area contributed by atoms with Crippen LogP contribution in [0.5, 0.6) is 0 Å². The summed E-state index contributed by atoms with van der Waals surface area (Å²) in [4.78, 5) is 0. The summed E-state index contributed by atoms with van der Waals surface area (Å²) >= 11 is 0. The smallest absolute Gasteiger partial charge is 0.0623 e. The van der Waals surface area contributed by atoms with Crippen molar-refractivity contribution in [2.24, 2.45) is 0 Å². The summed E-state index contributed by atoms with van der Waals surface area (Å²) in [6.45, 7) is 4.68. The summed E-state index contributed by atoms with van der Waals surface area (Å²) in [7, 11) is -1.84. The summed E-state index contributed by atoms with van der Waals surface area (Å²) in [5.74, 6) is 0. The molecule has 1 aliphatic heterocycles.